The molecule has 2 N–H and O–H groups in total. The second kappa shape index (κ2) is 5.85. The molecule has 0 aliphatic heterocycles. The summed E-state index contributed by atoms with van der Waals surface area (Å²) < 4.78 is 4.57. The molecular formula is C11H15N3O4. The average molecular weight is 253 g/mol. The van der Waals surface area contributed by atoms with Gasteiger partial charge in [0, 0.05) is 30.6 Å². The van der Waals surface area contributed by atoms with Gasteiger partial charge in [0.25, 0.3) is 5.69 Å². The fraction of sp³-hybridized carbons (Fsp3) is 0.364. The molecule has 0 saturated carbocycles. The Kier molecular flexibility index (Phi) is 4.47. The Hall–Kier alpha value is -2.31. The van der Waals surface area contributed by atoms with Gasteiger partial charge in [-0.3, -0.25) is 10.1 Å². The number of nitro benzene ring substituents is 1. The zero-order chi connectivity index (χ0) is 13.7. The topological polar surface area (TPSA) is 93.5 Å². The van der Waals surface area contributed by atoms with Crippen molar-refractivity contribution in [3.8, 4) is 0 Å². The van der Waals surface area contributed by atoms with Gasteiger partial charge in [0.1, 0.15) is 6.04 Å². The van der Waals surface area contributed by atoms with Crippen LogP contribution in [-0.2, 0) is 9.53 Å². The van der Waals surface area contributed by atoms with E-state index in [0.717, 1.165) is 0 Å². The molecule has 0 saturated heterocycles. The average Bonchev–Trinajstić information content (AvgIpc) is 2.36. The molecule has 18 heavy (non-hydrogen) atoms. The van der Waals surface area contributed by atoms with E-state index in [-0.39, 0.29) is 5.69 Å². The van der Waals surface area contributed by atoms with Crippen molar-refractivity contribution >= 4 is 23.0 Å². The Labute approximate surface area is 104 Å². The van der Waals surface area contributed by atoms with Gasteiger partial charge in [-0.1, -0.05) is 0 Å². The molecule has 0 aliphatic carbocycles. The molecule has 98 valence electrons. The van der Waals surface area contributed by atoms with Crippen LogP contribution in [0.4, 0.5) is 17.1 Å². The molecule has 0 bridgehead atoms. The minimum atomic E-state index is -0.582. The van der Waals surface area contributed by atoms with Crippen molar-refractivity contribution in [1.82, 2.24) is 0 Å². The maximum Gasteiger partial charge on any atom is 0.327 e. The van der Waals surface area contributed by atoms with Crippen LogP contribution in [0.1, 0.15) is 6.92 Å². The van der Waals surface area contributed by atoms with Crippen LogP contribution in [0.5, 0.6) is 0 Å². The molecule has 0 aromatic heterocycles. The predicted octanol–water partition coefficient (Wildman–Crippen LogP) is 1.61. The first-order valence-electron chi connectivity index (χ1n) is 5.29. The summed E-state index contributed by atoms with van der Waals surface area (Å²) in [7, 11) is 2.94. The van der Waals surface area contributed by atoms with Crippen LogP contribution in [0.2, 0.25) is 0 Å². The van der Waals surface area contributed by atoms with E-state index in [2.05, 4.69) is 15.4 Å². The highest BCUT2D eigenvalue weighted by Crippen LogP contribution is 2.24. The number of nitro groups is 1. The van der Waals surface area contributed by atoms with Crippen molar-refractivity contribution in [3.05, 3.63) is 28.3 Å². The van der Waals surface area contributed by atoms with E-state index in [1.165, 1.54) is 19.2 Å². The molecule has 1 atom stereocenters. The number of hydrogen-bond acceptors (Lipinski definition) is 6. The summed E-state index contributed by atoms with van der Waals surface area (Å²) in [6.45, 7) is 1.61. The molecule has 0 fully saturated rings. The number of nitrogens with one attached hydrogen (secondary N) is 2. The third-order valence-corrected chi connectivity index (χ3v) is 2.36. The molecule has 7 heteroatoms. The van der Waals surface area contributed by atoms with Crippen LogP contribution >= 0.6 is 0 Å². The number of benzene rings is 1. The maximum absolute atomic E-state index is 11.3. The zero-order valence-corrected chi connectivity index (χ0v) is 10.4. The number of rotatable bonds is 5. The van der Waals surface area contributed by atoms with Gasteiger partial charge in [0.2, 0.25) is 0 Å². The summed E-state index contributed by atoms with van der Waals surface area (Å²) in [4.78, 5) is 21.5. The van der Waals surface area contributed by atoms with Gasteiger partial charge >= 0.3 is 5.97 Å². The molecule has 0 amide bonds. The summed E-state index contributed by atoms with van der Waals surface area (Å²) in [6.07, 6.45) is 0. The molecular weight excluding hydrogens is 238 g/mol. The molecule has 0 spiro atoms. The van der Waals surface area contributed by atoms with E-state index in [1.807, 2.05) is 0 Å². The molecule has 0 heterocycles. The Bertz CT molecular complexity index is 462. The van der Waals surface area contributed by atoms with E-state index in [1.54, 1.807) is 20.0 Å². The molecule has 0 radical (unpaired) electrons. The number of ether oxygens (including phenoxy) is 1. The van der Waals surface area contributed by atoms with Crippen LogP contribution < -0.4 is 10.6 Å². The standard InChI is InChI=1S/C11H15N3O4/c1-7(11(15)18-3)13-9-4-8(12-2)5-10(6-9)14(16)17/h4-7,12-13H,1-3H3. The third-order valence-electron chi connectivity index (χ3n) is 2.36. The summed E-state index contributed by atoms with van der Waals surface area (Å²) in [5.41, 5.74) is 1.01. The predicted molar refractivity (Wildman–Crippen MR) is 67.7 cm³/mol. The van der Waals surface area contributed by atoms with E-state index in [4.69, 9.17) is 0 Å². The van der Waals surface area contributed by atoms with E-state index in [0.29, 0.717) is 11.4 Å². The highest BCUT2D eigenvalue weighted by atomic mass is 16.6. The molecule has 1 unspecified atom stereocenters. The lowest BCUT2D eigenvalue weighted by Gasteiger charge is -2.13. The largest absolute Gasteiger partial charge is 0.467 e. The van der Waals surface area contributed by atoms with Gasteiger partial charge in [0.15, 0.2) is 0 Å². The molecule has 1 rings (SSSR count). The van der Waals surface area contributed by atoms with E-state index >= 15 is 0 Å². The van der Waals surface area contributed by atoms with Crippen molar-refractivity contribution < 1.29 is 14.5 Å². The van der Waals surface area contributed by atoms with E-state index in [9.17, 15) is 14.9 Å². The van der Waals surface area contributed by atoms with Crippen LogP contribution in [0.25, 0.3) is 0 Å². The lowest BCUT2D eigenvalue weighted by molar-refractivity contribution is -0.384. The Morgan fingerprint density at radius 2 is 2.00 bits per heavy atom. The van der Waals surface area contributed by atoms with E-state index < -0.39 is 16.9 Å². The number of hydrogen-bond donors (Lipinski definition) is 2. The SMILES string of the molecule is CNc1cc(NC(C)C(=O)OC)cc([N+](=O)[O-])c1. The second-order valence-electron chi connectivity index (χ2n) is 3.66. The lowest BCUT2D eigenvalue weighted by atomic mass is 10.2. The smallest absolute Gasteiger partial charge is 0.327 e. The van der Waals surface area contributed by atoms with Crippen molar-refractivity contribution in [2.24, 2.45) is 0 Å². The normalized spacial score (nSPS) is 11.5. The van der Waals surface area contributed by atoms with Crippen molar-refractivity contribution in [1.29, 1.82) is 0 Å². The summed E-state index contributed by atoms with van der Waals surface area (Å²) >= 11 is 0. The highest BCUT2D eigenvalue weighted by molar-refractivity contribution is 5.79. The van der Waals surface area contributed by atoms with Gasteiger partial charge < -0.3 is 15.4 Å². The number of methoxy groups -OCH3 is 1. The number of carbonyl (C=O) groups excluding carboxylic acids is 1. The van der Waals surface area contributed by atoms with Gasteiger partial charge in [-0.2, -0.15) is 0 Å². The summed E-state index contributed by atoms with van der Waals surface area (Å²) in [5, 5.41) is 16.4. The second-order valence-corrected chi connectivity index (χ2v) is 3.66. The first-order chi connectivity index (χ1) is 8.47. The number of carbonyl (C=O) groups is 1. The van der Waals surface area contributed by atoms with Crippen LogP contribution in [0.3, 0.4) is 0 Å². The summed E-state index contributed by atoms with van der Waals surface area (Å²) in [5.74, 6) is -0.437. The Morgan fingerprint density at radius 1 is 1.39 bits per heavy atom. The van der Waals surface area contributed by atoms with Crippen molar-refractivity contribution in [2.75, 3.05) is 24.8 Å². The molecule has 0 aliphatic rings. The Morgan fingerprint density at radius 3 is 2.50 bits per heavy atom. The minimum Gasteiger partial charge on any atom is -0.467 e. The number of esters is 1. The third kappa shape index (κ3) is 3.34. The Balaban J connectivity index is 2.98. The maximum atomic E-state index is 11.3. The molecule has 7 nitrogen and oxygen atoms in total. The zero-order valence-electron chi connectivity index (χ0n) is 10.4. The number of anilines is 2. The molecule has 1 aromatic rings. The van der Waals surface area contributed by atoms with Crippen LogP contribution in [0, 0.1) is 10.1 Å². The van der Waals surface area contributed by atoms with Gasteiger partial charge in [-0.05, 0) is 13.0 Å². The first kappa shape index (κ1) is 13.8. The lowest BCUT2D eigenvalue weighted by Crippen LogP contribution is -2.27. The first-order valence-corrected chi connectivity index (χ1v) is 5.29. The van der Waals surface area contributed by atoms with Gasteiger partial charge in [0.05, 0.1) is 12.0 Å². The van der Waals surface area contributed by atoms with Crippen LogP contribution in [0.15, 0.2) is 18.2 Å². The monoisotopic (exact) mass is 253 g/mol. The fourth-order valence-electron chi connectivity index (χ4n) is 1.43. The summed E-state index contributed by atoms with van der Waals surface area (Å²) in [6, 6.07) is 3.86. The fourth-order valence-corrected chi connectivity index (χ4v) is 1.43. The number of nitrogens with zero attached hydrogens (tertiary/aromatic N) is 1. The van der Waals surface area contributed by atoms with Crippen molar-refractivity contribution in [3.63, 3.8) is 0 Å². The quantitative estimate of drug-likeness (QED) is 0.470. The van der Waals surface area contributed by atoms with Crippen molar-refractivity contribution in [2.45, 2.75) is 13.0 Å². The number of non-ortho nitro benzene ring substituents is 1. The highest BCUT2D eigenvalue weighted by Gasteiger charge is 2.15. The minimum absolute atomic E-state index is 0.0542. The van der Waals surface area contributed by atoms with Gasteiger partial charge in [-0.25, -0.2) is 4.79 Å². The van der Waals surface area contributed by atoms with Crippen LogP contribution in [-0.4, -0.2) is 31.1 Å². The molecule has 1 aromatic carbocycles. The van der Waals surface area contributed by atoms with Gasteiger partial charge in [-0.15, -0.1) is 0 Å².